The molecule has 4 heterocycles. The van der Waals surface area contributed by atoms with E-state index in [1.807, 2.05) is 33.2 Å². The van der Waals surface area contributed by atoms with Crippen LogP contribution in [0.4, 0.5) is 5.82 Å². The number of nitrogens with zero attached hydrogens (tertiary/aromatic N) is 4. The molecule has 1 atom stereocenters. The lowest BCUT2D eigenvalue weighted by Crippen LogP contribution is -2.35. The third kappa shape index (κ3) is 3.70. The Morgan fingerprint density at radius 3 is 2.90 bits per heavy atom. The van der Waals surface area contributed by atoms with Crippen LogP contribution in [0.2, 0.25) is 0 Å². The van der Waals surface area contributed by atoms with E-state index < -0.39 is 0 Å². The fourth-order valence-corrected chi connectivity index (χ4v) is 4.80. The molecule has 7 nitrogen and oxygen atoms in total. The zero-order valence-electron chi connectivity index (χ0n) is 16.5. The standard InChI is InChI=1S/C20H22N4O3S2/c1-12-6-4-8-23-16(12)21-17(22(2)3)14(18(23)25)10-15-19(26)24(20(28)29-15)11-13-7-5-9-27-13/h4,6,8,10,13H,5,7,9,11H2,1-3H3. The van der Waals surface area contributed by atoms with Gasteiger partial charge in [0.2, 0.25) is 0 Å². The van der Waals surface area contributed by atoms with Gasteiger partial charge in [-0.05, 0) is 37.5 Å². The number of amides is 1. The molecule has 0 bridgehead atoms. The van der Waals surface area contributed by atoms with Gasteiger partial charge in [0, 0.05) is 26.9 Å². The molecule has 2 aromatic heterocycles. The first-order chi connectivity index (χ1) is 13.9. The van der Waals surface area contributed by atoms with Crippen molar-refractivity contribution in [3.8, 4) is 0 Å². The molecule has 9 heteroatoms. The van der Waals surface area contributed by atoms with Crippen LogP contribution in [-0.2, 0) is 9.53 Å². The minimum absolute atomic E-state index is 0.0186. The van der Waals surface area contributed by atoms with E-state index in [9.17, 15) is 9.59 Å². The van der Waals surface area contributed by atoms with Gasteiger partial charge in [0.05, 0.1) is 23.1 Å². The predicted octanol–water partition coefficient (Wildman–Crippen LogP) is 2.45. The highest BCUT2D eigenvalue weighted by molar-refractivity contribution is 8.26. The highest BCUT2D eigenvalue weighted by Gasteiger charge is 2.35. The molecule has 2 fully saturated rings. The summed E-state index contributed by atoms with van der Waals surface area (Å²) in [6, 6.07) is 3.72. The summed E-state index contributed by atoms with van der Waals surface area (Å²) < 4.78 is 7.65. The zero-order valence-corrected chi connectivity index (χ0v) is 18.2. The summed E-state index contributed by atoms with van der Waals surface area (Å²) in [5, 5.41) is 0. The molecule has 1 unspecified atom stereocenters. The van der Waals surface area contributed by atoms with Crippen LogP contribution >= 0.6 is 24.0 Å². The van der Waals surface area contributed by atoms with Crippen LogP contribution in [0.5, 0.6) is 0 Å². The lowest BCUT2D eigenvalue weighted by atomic mass is 10.2. The smallest absolute Gasteiger partial charge is 0.267 e. The van der Waals surface area contributed by atoms with E-state index >= 15 is 0 Å². The first-order valence-electron chi connectivity index (χ1n) is 9.43. The van der Waals surface area contributed by atoms with Crippen LogP contribution in [-0.4, -0.2) is 57.9 Å². The average Bonchev–Trinajstić information content (AvgIpc) is 3.28. The molecular weight excluding hydrogens is 408 g/mol. The fourth-order valence-electron chi connectivity index (χ4n) is 3.55. The van der Waals surface area contributed by atoms with Crippen molar-refractivity contribution in [2.75, 3.05) is 32.1 Å². The molecular formula is C20H22N4O3S2. The molecule has 2 aliphatic heterocycles. The summed E-state index contributed by atoms with van der Waals surface area (Å²) in [5.41, 5.74) is 1.66. The third-order valence-corrected chi connectivity index (χ3v) is 6.42. The highest BCUT2D eigenvalue weighted by Crippen LogP contribution is 2.34. The second-order valence-corrected chi connectivity index (χ2v) is 9.04. The molecule has 0 aromatic carbocycles. The van der Waals surface area contributed by atoms with E-state index in [0.717, 1.165) is 25.0 Å². The Morgan fingerprint density at radius 2 is 2.21 bits per heavy atom. The number of thioether (sulfide) groups is 1. The summed E-state index contributed by atoms with van der Waals surface area (Å²) in [6.07, 6.45) is 5.26. The molecule has 2 aliphatic rings. The lowest BCUT2D eigenvalue weighted by molar-refractivity contribution is -0.123. The van der Waals surface area contributed by atoms with Crippen molar-refractivity contribution < 1.29 is 9.53 Å². The predicted molar refractivity (Wildman–Crippen MR) is 119 cm³/mol. The number of aromatic nitrogens is 2. The van der Waals surface area contributed by atoms with Gasteiger partial charge in [-0.1, -0.05) is 30.0 Å². The normalized spacial score (nSPS) is 21.0. The third-order valence-electron chi connectivity index (χ3n) is 5.05. The first kappa shape index (κ1) is 20.1. The molecule has 0 N–H and O–H groups in total. The van der Waals surface area contributed by atoms with Gasteiger partial charge in [0.25, 0.3) is 11.5 Å². The van der Waals surface area contributed by atoms with Gasteiger partial charge in [-0.2, -0.15) is 0 Å². The molecule has 152 valence electrons. The lowest BCUT2D eigenvalue weighted by Gasteiger charge is -2.18. The second-order valence-electron chi connectivity index (χ2n) is 7.36. The molecule has 29 heavy (non-hydrogen) atoms. The van der Waals surface area contributed by atoms with Crippen molar-refractivity contribution in [3.63, 3.8) is 0 Å². The zero-order chi connectivity index (χ0) is 20.7. The highest BCUT2D eigenvalue weighted by atomic mass is 32.2. The van der Waals surface area contributed by atoms with Gasteiger partial charge in [0.15, 0.2) is 0 Å². The first-order valence-corrected chi connectivity index (χ1v) is 10.7. The minimum atomic E-state index is -0.216. The maximum atomic E-state index is 13.2. The number of pyridine rings is 1. The van der Waals surface area contributed by atoms with E-state index in [4.69, 9.17) is 17.0 Å². The summed E-state index contributed by atoms with van der Waals surface area (Å²) in [7, 11) is 3.66. The molecule has 0 radical (unpaired) electrons. The number of aryl methyl sites for hydroxylation is 1. The van der Waals surface area contributed by atoms with Crippen LogP contribution in [0.15, 0.2) is 28.0 Å². The number of fused-ring (bicyclic) bond motifs is 1. The van der Waals surface area contributed by atoms with E-state index in [-0.39, 0.29) is 17.6 Å². The van der Waals surface area contributed by atoms with Gasteiger partial charge in [-0.15, -0.1) is 0 Å². The maximum Gasteiger partial charge on any atom is 0.267 e. The van der Waals surface area contributed by atoms with Crippen LogP contribution in [0.25, 0.3) is 11.7 Å². The Kier molecular flexibility index (Phi) is 5.46. The fraction of sp³-hybridized carbons (Fsp3) is 0.400. The molecule has 2 aromatic rings. The molecule has 0 aliphatic carbocycles. The van der Waals surface area contributed by atoms with Crippen molar-refractivity contribution >= 4 is 51.7 Å². The van der Waals surface area contributed by atoms with Crippen molar-refractivity contribution in [2.24, 2.45) is 0 Å². The quantitative estimate of drug-likeness (QED) is 0.545. The van der Waals surface area contributed by atoms with Gasteiger partial charge >= 0.3 is 0 Å². The molecule has 1 amide bonds. The Balaban J connectivity index is 1.76. The molecule has 0 saturated carbocycles. The minimum Gasteiger partial charge on any atom is -0.376 e. The number of thiocarbonyl (C=S) groups is 1. The number of carbonyl (C=O) groups is 1. The molecule has 2 saturated heterocycles. The van der Waals surface area contributed by atoms with E-state index in [1.165, 1.54) is 16.2 Å². The van der Waals surface area contributed by atoms with Gasteiger partial charge < -0.3 is 9.64 Å². The maximum absolute atomic E-state index is 13.2. The molecule has 0 spiro atoms. The number of ether oxygens (including phenoxy) is 1. The van der Waals surface area contributed by atoms with E-state index in [1.54, 1.807) is 22.1 Å². The summed E-state index contributed by atoms with van der Waals surface area (Å²) >= 11 is 6.64. The van der Waals surface area contributed by atoms with E-state index in [0.29, 0.717) is 32.8 Å². The van der Waals surface area contributed by atoms with Crippen molar-refractivity contribution in [1.82, 2.24) is 14.3 Å². The van der Waals surface area contributed by atoms with Crippen molar-refractivity contribution in [1.29, 1.82) is 0 Å². The summed E-state index contributed by atoms with van der Waals surface area (Å²) in [5.74, 6) is 0.336. The second kappa shape index (κ2) is 7.89. The number of carbonyl (C=O) groups excluding carboxylic acids is 1. The van der Waals surface area contributed by atoms with Crippen molar-refractivity contribution in [3.05, 3.63) is 44.7 Å². The van der Waals surface area contributed by atoms with Crippen LogP contribution < -0.4 is 10.5 Å². The Morgan fingerprint density at radius 1 is 1.41 bits per heavy atom. The van der Waals surface area contributed by atoms with Crippen LogP contribution in [0.3, 0.4) is 0 Å². The number of hydrogen-bond donors (Lipinski definition) is 0. The van der Waals surface area contributed by atoms with Gasteiger partial charge in [-0.25, -0.2) is 4.98 Å². The van der Waals surface area contributed by atoms with Gasteiger partial charge in [-0.3, -0.25) is 18.9 Å². The number of anilines is 1. The topological polar surface area (TPSA) is 67.2 Å². The number of hydrogen-bond acceptors (Lipinski definition) is 7. The average molecular weight is 431 g/mol. The Hall–Kier alpha value is -2.23. The molecule has 4 rings (SSSR count). The van der Waals surface area contributed by atoms with Gasteiger partial charge in [0.1, 0.15) is 15.8 Å². The Bertz CT molecular complexity index is 1090. The Labute approximate surface area is 178 Å². The SMILES string of the molecule is Cc1cccn2c(=O)c(C=C3SC(=S)N(CC4CCCO4)C3=O)c(N(C)C)nc12. The summed E-state index contributed by atoms with van der Waals surface area (Å²) in [6.45, 7) is 3.09. The van der Waals surface area contributed by atoms with Crippen molar-refractivity contribution in [2.45, 2.75) is 25.9 Å². The monoisotopic (exact) mass is 430 g/mol. The number of rotatable bonds is 4. The largest absolute Gasteiger partial charge is 0.376 e. The van der Waals surface area contributed by atoms with Crippen LogP contribution in [0, 0.1) is 6.92 Å². The van der Waals surface area contributed by atoms with Crippen LogP contribution in [0.1, 0.15) is 24.0 Å². The van der Waals surface area contributed by atoms with E-state index in [2.05, 4.69) is 4.98 Å². The summed E-state index contributed by atoms with van der Waals surface area (Å²) in [4.78, 5) is 34.7.